The van der Waals surface area contributed by atoms with Crippen molar-refractivity contribution < 1.29 is 13.9 Å². The summed E-state index contributed by atoms with van der Waals surface area (Å²) in [4.78, 5) is 12.5. The summed E-state index contributed by atoms with van der Waals surface area (Å²) < 4.78 is 13.4. The maximum Gasteiger partial charge on any atom is 0.186 e. The van der Waals surface area contributed by atoms with Crippen LogP contribution in [0.2, 0.25) is 5.02 Å². The Kier molecular flexibility index (Phi) is 5.87. The number of aryl methyl sites for hydroxylation is 1. The first kappa shape index (κ1) is 19.8. The predicted octanol–water partition coefficient (Wildman–Crippen LogP) is 6.51. The molecule has 0 aliphatic heterocycles. The van der Waals surface area contributed by atoms with Crippen molar-refractivity contribution in [3.63, 3.8) is 0 Å². The Hall–Kier alpha value is -3.50. The molecule has 0 unspecified atom stereocenters. The van der Waals surface area contributed by atoms with Crippen molar-refractivity contribution in [2.24, 2.45) is 0 Å². The van der Waals surface area contributed by atoms with Gasteiger partial charge in [0.05, 0.1) is 0 Å². The summed E-state index contributed by atoms with van der Waals surface area (Å²) in [6.07, 6.45) is 7.07. The molecule has 0 bridgehead atoms. The maximum absolute atomic E-state index is 12.5. The molecule has 0 N–H and O–H groups in total. The zero-order valence-corrected chi connectivity index (χ0v) is 17.2. The molecular formula is C25H20ClNO3. The van der Waals surface area contributed by atoms with Gasteiger partial charge >= 0.3 is 0 Å². The number of hydrogen-bond acceptors (Lipinski definition) is 3. The van der Waals surface area contributed by atoms with E-state index >= 15 is 0 Å². The lowest BCUT2D eigenvalue weighted by molar-refractivity contribution is 0.104. The third-order valence-electron chi connectivity index (χ3n) is 4.63. The quantitative estimate of drug-likeness (QED) is 0.254. The van der Waals surface area contributed by atoms with Crippen molar-refractivity contribution in [2.45, 2.75) is 13.5 Å². The predicted molar refractivity (Wildman–Crippen MR) is 118 cm³/mol. The van der Waals surface area contributed by atoms with E-state index in [0.29, 0.717) is 28.7 Å². The van der Waals surface area contributed by atoms with Crippen LogP contribution in [0.4, 0.5) is 0 Å². The van der Waals surface area contributed by atoms with Crippen LogP contribution in [0.25, 0.3) is 11.8 Å². The maximum atomic E-state index is 12.5. The summed E-state index contributed by atoms with van der Waals surface area (Å²) in [5.74, 6) is 1.90. The monoisotopic (exact) mass is 417 g/mol. The molecule has 2 heterocycles. The van der Waals surface area contributed by atoms with Gasteiger partial charge in [-0.1, -0.05) is 23.7 Å². The third kappa shape index (κ3) is 4.73. The molecule has 5 heteroatoms. The van der Waals surface area contributed by atoms with Crippen molar-refractivity contribution in [3.8, 4) is 11.4 Å². The van der Waals surface area contributed by atoms with E-state index in [9.17, 15) is 4.79 Å². The molecule has 0 spiro atoms. The summed E-state index contributed by atoms with van der Waals surface area (Å²) in [5, 5.41) is 0.705. The lowest BCUT2D eigenvalue weighted by Gasteiger charge is -2.06. The zero-order valence-electron chi connectivity index (χ0n) is 16.4. The van der Waals surface area contributed by atoms with E-state index in [1.807, 2.05) is 78.5 Å². The topological polar surface area (TPSA) is 44.4 Å². The van der Waals surface area contributed by atoms with Gasteiger partial charge in [0.1, 0.15) is 23.9 Å². The van der Waals surface area contributed by atoms with Crippen LogP contribution in [0, 0.1) is 6.92 Å². The number of nitrogens with zero attached hydrogens (tertiary/aromatic N) is 1. The van der Waals surface area contributed by atoms with Gasteiger partial charge in [-0.05, 0) is 79.2 Å². The fourth-order valence-electron chi connectivity index (χ4n) is 3.00. The summed E-state index contributed by atoms with van der Waals surface area (Å²) in [7, 11) is 0. The second kappa shape index (κ2) is 8.89. The van der Waals surface area contributed by atoms with Gasteiger partial charge in [-0.3, -0.25) is 4.79 Å². The minimum Gasteiger partial charge on any atom is -0.486 e. The Labute approximate surface area is 180 Å². The molecule has 0 aliphatic rings. The van der Waals surface area contributed by atoms with Crippen LogP contribution >= 0.6 is 11.6 Å². The van der Waals surface area contributed by atoms with E-state index in [-0.39, 0.29) is 5.78 Å². The van der Waals surface area contributed by atoms with E-state index in [2.05, 4.69) is 0 Å². The fourth-order valence-corrected chi connectivity index (χ4v) is 3.12. The Morgan fingerprint density at radius 2 is 1.90 bits per heavy atom. The minimum atomic E-state index is -0.0881. The molecule has 2 aromatic carbocycles. The van der Waals surface area contributed by atoms with Gasteiger partial charge in [-0.15, -0.1) is 0 Å². The largest absolute Gasteiger partial charge is 0.486 e. The van der Waals surface area contributed by atoms with Crippen molar-refractivity contribution in [3.05, 3.63) is 113 Å². The smallest absolute Gasteiger partial charge is 0.186 e. The molecule has 0 atom stereocenters. The molecule has 4 rings (SSSR count). The number of ether oxygens (including phenoxy) is 1. The molecule has 150 valence electrons. The van der Waals surface area contributed by atoms with E-state index < -0.39 is 0 Å². The summed E-state index contributed by atoms with van der Waals surface area (Å²) in [6.45, 7) is 2.22. The Bertz CT molecular complexity index is 1190. The highest BCUT2D eigenvalue weighted by Crippen LogP contribution is 2.22. The number of benzene rings is 2. The van der Waals surface area contributed by atoms with Crippen LogP contribution in [0.5, 0.6) is 5.75 Å². The van der Waals surface area contributed by atoms with Crippen LogP contribution in [-0.4, -0.2) is 10.4 Å². The first-order valence-corrected chi connectivity index (χ1v) is 9.90. The van der Waals surface area contributed by atoms with Crippen LogP contribution in [-0.2, 0) is 6.61 Å². The van der Waals surface area contributed by atoms with Crippen molar-refractivity contribution >= 4 is 23.5 Å². The average molecular weight is 418 g/mol. The normalized spacial score (nSPS) is 11.1. The van der Waals surface area contributed by atoms with Crippen molar-refractivity contribution in [1.82, 2.24) is 4.57 Å². The highest BCUT2D eigenvalue weighted by atomic mass is 35.5. The number of carbonyl (C=O) groups excluding carboxylic acids is 1. The molecule has 0 radical (unpaired) electrons. The van der Waals surface area contributed by atoms with Gasteiger partial charge in [0.25, 0.3) is 0 Å². The number of hydrogen-bond donors (Lipinski definition) is 0. The number of aromatic nitrogens is 1. The highest BCUT2D eigenvalue weighted by Gasteiger charge is 2.06. The van der Waals surface area contributed by atoms with Crippen LogP contribution in [0.1, 0.15) is 27.4 Å². The van der Waals surface area contributed by atoms with Crippen molar-refractivity contribution in [1.29, 1.82) is 0 Å². The number of halogens is 1. The lowest BCUT2D eigenvalue weighted by atomic mass is 10.1. The second-order valence-corrected chi connectivity index (χ2v) is 7.25. The van der Waals surface area contributed by atoms with E-state index in [1.54, 1.807) is 18.2 Å². The molecule has 0 fully saturated rings. The zero-order chi connectivity index (χ0) is 20.9. The molecule has 0 saturated carbocycles. The van der Waals surface area contributed by atoms with Gasteiger partial charge in [0.15, 0.2) is 5.78 Å². The Morgan fingerprint density at radius 1 is 1.07 bits per heavy atom. The summed E-state index contributed by atoms with van der Waals surface area (Å²) >= 11 is 6.03. The molecule has 0 amide bonds. The Morgan fingerprint density at radius 3 is 2.70 bits per heavy atom. The number of allylic oxidation sites excluding steroid dienone is 1. The molecule has 0 saturated heterocycles. The minimum absolute atomic E-state index is 0.0881. The Balaban J connectivity index is 1.39. The number of rotatable bonds is 7. The number of furan rings is 1. The summed E-state index contributed by atoms with van der Waals surface area (Å²) in [5.41, 5.74) is 2.51. The van der Waals surface area contributed by atoms with Gasteiger partial charge in [0, 0.05) is 28.7 Å². The molecule has 4 aromatic rings. The van der Waals surface area contributed by atoms with Crippen LogP contribution < -0.4 is 4.74 Å². The SMILES string of the molecule is Cc1cc(OCc2ccc(/C=C/C(=O)c3cccc(-n4cccc4)c3)o2)ccc1Cl. The highest BCUT2D eigenvalue weighted by molar-refractivity contribution is 6.31. The molecule has 30 heavy (non-hydrogen) atoms. The lowest BCUT2D eigenvalue weighted by Crippen LogP contribution is -1.97. The second-order valence-electron chi connectivity index (χ2n) is 6.84. The number of carbonyl (C=O) groups is 1. The molecule has 2 aromatic heterocycles. The van der Waals surface area contributed by atoms with Gasteiger partial charge in [-0.2, -0.15) is 0 Å². The first-order chi connectivity index (χ1) is 14.6. The van der Waals surface area contributed by atoms with Crippen LogP contribution in [0.3, 0.4) is 0 Å². The first-order valence-electron chi connectivity index (χ1n) is 9.52. The standard InChI is InChI=1S/C25H20ClNO3/c1-18-15-22(9-11-24(18)26)29-17-23-8-7-21(30-23)10-12-25(28)19-5-4-6-20(16-19)27-13-2-3-14-27/h2-16H,17H2,1H3/b12-10+. The van der Waals surface area contributed by atoms with E-state index in [0.717, 1.165) is 17.0 Å². The fraction of sp³-hybridized carbons (Fsp3) is 0.0800. The summed E-state index contributed by atoms with van der Waals surface area (Å²) in [6, 6.07) is 20.5. The molecule has 0 aliphatic carbocycles. The van der Waals surface area contributed by atoms with Crippen LogP contribution in [0.15, 0.2) is 89.6 Å². The third-order valence-corrected chi connectivity index (χ3v) is 5.05. The molecular weight excluding hydrogens is 398 g/mol. The average Bonchev–Trinajstić information content (AvgIpc) is 3.45. The van der Waals surface area contributed by atoms with E-state index in [1.165, 1.54) is 6.08 Å². The van der Waals surface area contributed by atoms with Crippen molar-refractivity contribution in [2.75, 3.05) is 0 Å². The van der Waals surface area contributed by atoms with Gasteiger partial charge in [0.2, 0.25) is 0 Å². The molecule has 4 nitrogen and oxygen atoms in total. The van der Waals surface area contributed by atoms with E-state index in [4.69, 9.17) is 20.8 Å². The van der Waals surface area contributed by atoms with Gasteiger partial charge in [-0.25, -0.2) is 0 Å². The number of ketones is 1. The van der Waals surface area contributed by atoms with Gasteiger partial charge < -0.3 is 13.7 Å².